The molecule has 86 valence electrons. The van der Waals surface area contributed by atoms with Gasteiger partial charge in [0.1, 0.15) is 9.79 Å². The second kappa shape index (κ2) is 6.99. The fraction of sp³-hybridized carbons (Fsp3) is 0.143. The van der Waals surface area contributed by atoms with Gasteiger partial charge in [-0.05, 0) is 24.6 Å². The smallest absolute Gasteiger partial charge is 0.282 e. The molecular formula is C7H8Na2O6S2. The minimum absolute atomic E-state index is 0. The van der Waals surface area contributed by atoms with Gasteiger partial charge in [-0.25, -0.2) is 0 Å². The predicted molar refractivity (Wildman–Crippen MR) is 62.3 cm³/mol. The monoisotopic (exact) mass is 298 g/mol. The molecule has 6 nitrogen and oxygen atoms in total. The van der Waals surface area contributed by atoms with Crippen molar-refractivity contribution < 1.29 is 25.9 Å². The van der Waals surface area contributed by atoms with Gasteiger partial charge in [0, 0.05) is 59.1 Å². The Bertz CT molecular complexity index is 593. The summed E-state index contributed by atoms with van der Waals surface area (Å²) in [5.41, 5.74) is 0.440. The molecule has 0 saturated carbocycles. The molecule has 0 unspecified atom stereocenters. The number of rotatable bonds is 2. The van der Waals surface area contributed by atoms with E-state index in [1.54, 1.807) is 0 Å². The van der Waals surface area contributed by atoms with Gasteiger partial charge in [0.15, 0.2) is 0 Å². The van der Waals surface area contributed by atoms with Gasteiger partial charge in [-0.2, -0.15) is 16.8 Å². The molecule has 0 aliphatic heterocycles. The van der Waals surface area contributed by atoms with E-state index in [-0.39, 0.29) is 59.1 Å². The van der Waals surface area contributed by atoms with Gasteiger partial charge in [-0.3, -0.25) is 9.11 Å². The van der Waals surface area contributed by atoms with E-state index in [9.17, 15) is 16.8 Å². The summed E-state index contributed by atoms with van der Waals surface area (Å²) in [6, 6.07) is 3.17. The Kier molecular flexibility index (Phi) is 8.37. The molecule has 0 spiro atoms. The molecule has 0 fully saturated rings. The topological polar surface area (TPSA) is 109 Å². The molecule has 1 aromatic carbocycles. The van der Waals surface area contributed by atoms with E-state index >= 15 is 0 Å². The van der Waals surface area contributed by atoms with Gasteiger partial charge >= 0.3 is 0 Å². The predicted octanol–water partition coefficient (Wildman–Crippen LogP) is -0.273. The minimum Gasteiger partial charge on any atom is -0.282 e. The summed E-state index contributed by atoms with van der Waals surface area (Å²) in [6.07, 6.45) is 0. The molecular weight excluding hydrogens is 290 g/mol. The zero-order chi connectivity index (χ0) is 11.9. The Hall–Kier alpha value is 1.04. The Morgan fingerprint density at radius 1 is 0.882 bits per heavy atom. The van der Waals surface area contributed by atoms with Crippen molar-refractivity contribution in [1.29, 1.82) is 0 Å². The average Bonchev–Trinajstić information content (AvgIpc) is 2.00. The number of benzene rings is 1. The van der Waals surface area contributed by atoms with Crippen molar-refractivity contribution in [3.8, 4) is 0 Å². The van der Waals surface area contributed by atoms with Crippen LogP contribution < -0.4 is 0 Å². The zero-order valence-corrected chi connectivity index (χ0v) is 15.2. The molecule has 0 amide bonds. The van der Waals surface area contributed by atoms with Crippen molar-refractivity contribution in [2.75, 3.05) is 0 Å². The third-order valence-electron chi connectivity index (χ3n) is 1.66. The quantitative estimate of drug-likeness (QED) is 0.574. The van der Waals surface area contributed by atoms with Crippen LogP contribution >= 0.6 is 0 Å². The van der Waals surface area contributed by atoms with Crippen molar-refractivity contribution in [3.63, 3.8) is 0 Å². The van der Waals surface area contributed by atoms with E-state index in [0.29, 0.717) is 5.56 Å². The normalized spacial score (nSPS) is 11.2. The van der Waals surface area contributed by atoms with Crippen LogP contribution in [-0.4, -0.2) is 85.1 Å². The van der Waals surface area contributed by atoms with E-state index in [4.69, 9.17) is 9.11 Å². The Morgan fingerprint density at radius 3 is 1.65 bits per heavy atom. The van der Waals surface area contributed by atoms with Crippen molar-refractivity contribution >= 4 is 79.4 Å². The minimum atomic E-state index is -4.68. The summed E-state index contributed by atoms with van der Waals surface area (Å²) >= 11 is 0. The van der Waals surface area contributed by atoms with Gasteiger partial charge in [-0.15, -0.1) is 0 Å². The second-order valence-corrected chi connectivity index (χ2v) is 5.68. The standard InChI is InChI=1S/C7H8O6S2.2Na/c1-5-2-3-6(14(8,9)10)7(4-5)15(11,12)13;;/h2-4H,1H3,(H,8,9,10)(H,11,12,13);;. The number of hydrogen-bond donors (Lipinski definition) is 2. The van der Waals surface area contributed by atoms with Crippen molar-refractivity contribution in [3.05, 3.63) is 23.8 Å². The summed E-state index contributed by atoms with van der Waals surface area (Å²) in [6.45, 7) is 1.52. The van der Waals surface area contributed by atoms with Crippen LogP contribution in [-0.2, 0) is 20.2 Å². The van der Waals surface area contributed by atoms with Crippen molar-refractivity contribution in [2.24, 2.45) is 0 Å². The molecule has 2 radical (unpaired) electrons. The molecule has 0 saturated heterocycles. The van der Waals surface area contributed by atoms with E-state index in [1.807, 2.05) is 0 Å². The fourth-order valence-electron chi connectivity index (χ4n) is 1.03. The molecule has 0 aromatic heterocycles. The van der Waals surface area contributed by atoms with Crippen LogP contribution in [0.1, 0.15) is 5.56 Å². The summed E-state index contributed by atoms with van der Waals surface area (Å²) in [4.78, 5) is -1.67. The molecule has 0 bridgehead atoms. The maximum Gasteiger partial charge on any atom is 0.295 e. The summed E-state index contributed by atoms with van der Waals surface area (Å²) < 4.78 is 60.7. The van der Waals surface area contributed by atoms with Gasteiger partial charge < -0.3 is 0 Å². The first kappa shape index (κ1) is 20.4. The van der Waals surface area contributed by atoms with Crippen LogP contribution in [0.2, 0.25) is 0 Å². The van der Waals surface area contributed by atoms with Crippen molar-refractivity contribution in [2.45, 2.75) is 16.7 Å². The molecule has 17 heavy (non-hydrogen) atoms. The van der Waals surface area contributed by atoms with E-state index in [2.05, 4.69) is 0 Å². The van der Waals surface area contributed by atoms with E-state index in [1.165, 1.54) is 13.0 Å². The maximum absolute atomic E-state index is 10.8. The molecule has 2 N–H and O–H groups in total. The molecule has 10 heteroatoms. The van der Waals surface area contributed by atoms with Crippen LogP contribution in [0.3, 0.4) is 0 Å². The molecule has 0 atom stereocenters. The average molecular weight is 298 g/mol. The molecule has 1 rings (SSSR count). The van der Waals surface area contributed by atoms with E-state index < -0.39 is 30.0 Å². The Balaban J connectivity index is 0. The SMILES string of the molecule is Cc1ccc(S(=O)(=O)O)c(S(=O)(=O)O)c1.[Na].[Na]. The van der Waals surface area contributed by atoms with Gasteiger partial charge in [0.05, 0.1) is 0 Å². The third kappa shape index (κ3) is 5.68. The van der Waals surface area contributed by atoms with E-state index in [0.717, 1.165) is 12.1 Å². The summed E-state index contributed by atoms with van der Waals surface area (Å²) in [5.74, 6) is 0. The number of hydrogen-bond acceptors (Lipinski definition) is 4. The maximum atomic E-state index is 10.8. The molecule has 0 heterocycles. The first-order valence-electron chi connectivity index (χ1n) is 3.68. The Morgan fingerprint density at radius 2 is 1.29 bits per heavy atom. The van der Waals surface area contributed by atoms with Crippen LogP contribution in [0.15, 0.2) is 28.0 Å². The third-order valence-corrected chi connectivity index (χ3v) is 3.59. The van der Waals surface area contributed by atoms with Crippen molar-refractivity contribution in [1.82, 2.24) is 0 Å². The number of aryl methyl sites for hydroxylation is 1. The molecule has 0 aliphatic rings. The van der Waals surface area contributed by atoms with Gasteiger partial charge in [-0.1, -0.05) is 6.07 Å². The summed E-state index contributed by atoms with van der Waals surface area (Å²) in [7, 11) is -9.35. The molecule has 1 aromatic rings. The molecule has 0 aliphatic carbocycles. The zero-order valence-electron chi connectivity index (χ0n) is 9.58. The van der Waals surface area contributed by atoms with Crippen LogP contribution in [0, 0.1) is 6.92 Å². The first-order valence-corrected chi connectivity index (χ1v) is 6.56. The first-order chi connectivity index (χ1) is 6.62. The van der Waals surface area contributed by atoms with Gasteiger partial charge in [0.25, 0.3) is 20.2 Å². The largest absolute Gasteiger partial charge is 0.295 e. The van der Waals surface area contributed by atoms with Crippen LogP contribution in [0.25, 0.3) is 0 Å². The van der Waals surface area contributed by atoms with Crippen LogP contribution in [0.4, 0.5) is 0 Å². The fourth-order valence-corrected chi connectivity index (χ4v) is 2.87. The second-order valence-electron chi connectivity index (χ2n) is 2.90. The van der Waals surface area contributed by atoms with Crippen LogP contribution in [0.5, 0.6) is 0 Å². The summed E-state index contributed by atoms with van der Waals surface area (Å²) in [5, 5.41) is 0. The van der Waals surface area contributed by atoms with Gasteiger partial charge in [0.2, 0.25) is 0 Å². The Labute approximate surface area is 144 Å².